The number of amides is 1. The van der Waals surface area contributed by atoms with Gasteiger partial charge in [0.25, 0.3) is 0 Å². The van der Waals surface area contributed by atoms with E-state index in [-0.39, 0.29) is 19.4 Å². The van der Waals surface area contributed by atoms with Gasteiger partial charge in [-0.2, -0.15) is 0 Å². The molecule has 1 aliphatic rings. The van der Waals surface area contributed by atoms with Crippen LogP contribution >= 0.6 is 0 Å². The molecule has 0 aromatic carbocycles. The number of carbonyl (C=O) groups excluding carboxylic acids is 2. The van der Waals surface area contributed by atoms with E-state index in [4.69, 9.17) is 14.2 Å². The molecule has 11 nitrogen and oxygen atoms in total. The molecule has 0 aromatic rings. The van der Waals surface area contributed by atoms with Gasteiger partial charge in [-0.05, 0) is 70.6 Å². The normalized spacial score (nSPS) is 20.1. The lowest BCUT2D eigenvalue weighted by atomic mass is 9.99. The van der Waals surface area contributed by atoms with Crippen molar-refractivity contribution in [2.24, 2.45) is 0 Å². The van der Waals surface area contributed by atoms with E-state index in [1.807, 2.05) is 30.4 Å². The Morgan fingerprint density at radius 3 is 1.57 bits per heavy atom. The maximum Gasteiger partial charge on any atom is 0.306 e. The highest BCUT2D eigenvalue weighted by molar-refractivity contribution is 5.80. The van der Waals surface area contributed by atoms with Gasteiger partial charge in [0.1, 0.15) is 24.4 Å². The number of aliphatic hydroxyl groups excluding tert-OH is 5. The average molecular weight is 988 g/mol. The summed E-state index contributed by atoms with van der Waals surface area (Å²) in [6, 6.07) is -1.03. The smallest absolute Gasteiger partial charge is 0.306 e. The van der Waals surface area contributed by atoms with Crippen LogP contribution in [0.4, 0.5) is 0 Å². The molecule has 11 heteroatoms. The number of ether oxygens (including phenoxy) is 3. The Labute approximate surface area is 427 Å². The van der Waals surface area contributed by atoms with Gasteiger partial charge < -0.3 is 45.1 Å². The zero-order valence-electron chi connectivity index (χ0n) is 44.6. The summed E-state index contributed by atoms with van der Waals surface area (Å²) in [5.74, 6) is -1.22. The number of allylic oxidation sites excluding steroid dienone is 9. The van der Waals surface area contributed by atoms with Crippen LogP contribution in [0.1, 0.15) is 239 Å². The average Bonchev–Trinajstić information content (AvgIpc) is 3.36. The fourth-order valence-corrected chi connectivity index (χ4v) is 8.64. The molecule has 406 valence electrons. The van der Waals surface area contributed by atoms with E-state index in [0.717, 1.165) is 83.5 Å². The molecule has 0 aromatic heterocycles. The molecule has 1 amide bonds. The largest absolute Gasteiger partial charge is 0.454 e. The molecule has 6 N–H and O–H groups in total. The summed E-state index contributed by atoms with van der Waals surface area (Å²) in [7, 11) is 0. The van der Waals surface area contributed by atoms with Crippen LogP contribution in [0.5, 0.6) is 0 Å². The highest BCUT2D eigenvalue weighted by Crippen LogP contribution is 2.26. The summed E-state index contributed by atoms with van der Waals surface area (Å²) < 4.78 is 17.6. The van der Waals surface area contributed by atoms with Crippen LogP contribution < -0.4 is 5.32 Å². The van der Waals surface area contributed by atoms with Gasteiger partial charge >= 0.3 is 5.97 Å². The summed E-state index contributed by atoms with van der Waals surface area (Å²) in [6.45, 7) is 5.62. The molecule has 1 saturated heterocycles. The summed E-state index contributed by atoms with van der Waals surface area (Å²) in [6.07, 6.45) is 46.9. The lowest BCUT2D eigenvalue weighted by molar-refractivity contribution is -0.305. The Balaban J connectivity index is 2.73. The lowest BCUT2D eigenvalue weighted by Gasteiger charge is -2.41. The first kappa shape index (κ1) is 65.4. The first-order valence-electron chi connectivity index (χ1n) is 28.6. The molecule has 8 unspecified atom stereocenters. The minimum Gasteiger partial charge on any atom is -0.454 e. The zero-order chi connectivity index (χ0) is 51.1. The fourth-order valence-electron chi connectivity index (χ4n) is 8.64. The summed E-state index contributed by atoms with van der Waals surface area (Å²) >= 11 is 0. The quantitative estimate of drug-likeness (QED) is 0.0149. The van der Waals surface area contributed by atoms with Gasteiger partial charge in [0, 0.05) is 6.42 Å². The van der Waals surface area contributed by atoms with Crippen LogP contribution in [-0.2, 0) is 23.8 Å². The number of hydrogen-bond acceptors (Lipinski definition) is 10. The molecular formula is C59H105NO10. The van der Waals surface area contributed by atoms with Crippen molar-refractivity contribution in [2.75, 3.05) is 13.2 Å². The fraction of sp³-hybridized carbons (Fsp3) is 0.797. The van der Waals surface area contributed by atoms with Crippen molar-refractivity contribution in [3.8, 4) is 0 Å². The van der Waals surface area contributed by atoms with Crippen molar-refractivity contribution in [3.05, 3.63) is 60.8 Å². The molecule has 0 radical (unpaired) electrons. The molecule has 1 aliphatic heterocycles. The Kier molecular flexibility index (Phi) is 44.2. The number of esters is 1. The van der Waals surface area contributed by atoms with E-state index in [0.29, 0.717) is 12.8 Å². The van der Waals surface area contributed by atoms with E-state index in [9.17, 15) is 35.1 Å². The first-order chi connectivity index (χ1) is 34.2. The number of aliphatic hydroxyl groups is 5. The molecule has 1 heterocycles. The van der Waals surface area contributed by atoms with Gasteiger partial charge in [0.05, 0.1) is 25.4 Å². The molecule has 0 bridgehead atoms. The van der Waals surface area contributed by atoms with E-state index in [1.54, 1.807) is 6.08 Å². The molecule has 8 atom stereocenters. The van der Waals surface area contributed by atoms with Crippen molar-refractivity contribution in [3.63, 3.8) is 0 Å². The van der Waals surface area contributed by atoms with Gasteiger partial charge in [-0.25, -0.2) is 0 Å². The molecular weight excluding hydrogens is 883 g/mol. The minimum atomic E-state index is -1.62. The van der Waals surface area contributed by atoms with Crippen LogP contribution in [0.25, 0.3) is 0 Å². The molecule has 1 fully saturated rings. The molecule has 0 aliphatic carbocycles. The maximum absolute atomic E-state index is 13.3. The maximum atomic E-state index is 13.3. The van der Waals surface area contributed by atoms with Gasteiger partial charge in [-0.3, -0.25) is 9.59 Å². The zero-order valence-corrected chi connectivity index (χ0v) is 44.6. The Morgan fingerprint density at radius 1 is 0.571 bits per heavy atom. The van der Waals surface area contributed by atoms with Gasteiger partial charge in [0.15, 0.2) is 12.4 Å². The minimum absolute atomic E-state index is 0.115. The van der Waals surface area contributed by atoms with Gasteiger partial charge in [-0.1, -0.05) is 223 Å². The molecule has 1 rings (SSSR count). The van der Waals surface area contributed by atoms with Gasteiger partial charge in [-0.15, -0.1) is 0 Å². The van der Waals surface area contributed by atoms with Gasteiger partial charge in [0.2, 0.25) is 5.91 Å². The molecule has 0 saturated carbocycles. The Morgan fingerprint density at radius 2 is 1.04 bits per heavy atom. The number of nitrogens with one attached hydrogen (secondary N) is 1. The van der Waals surface area contributed by atoms with Crippen molar-refractivity contribution in [1.82, 2.24) is 5.32 Å². The predicted octanol–water partition coefficient (Wildman–Crippen LogP) is 12.7. The first-order valence-corrected chi connectivity index (χ1v) is 28.6. The van der Waals surface area contributed by atoms with Crippen molar-refractivity contribution in [1.29, 1.82) is 0 Å². The van der Waals surface area contributed by atoms with Crippen LogP contribution in [0.3, 0.4) is 0 Å². The van der Waals surface area contributed by atoms with E-state index in [1.165, 1.54) is 109 Å². The van der Waals surface area contributed by atoms with Crippen molar-refractivity contribution < 1.29 is 49.3 Å². The monoisotopic (exact) mass is 988 g/mol. The highest BCUT2D eigenvalue weighted by Gasteiger charge is 2.47. The highest BCUT2D eigenvalue weighted by atomic mass is 16.7. The summed E-state index contributed by atoms with van der Waals surface area (Å²) in [5.41, 5.74) is 0. The van der Waals surface area contributed by atoms with Crippen LogP contribution in [0.15, 0.2) is 60.8 Å². The summed E-state index contributed by atoms with van der Waals surface area (Å²) in [4.78, 5) is 26.4. The van der Waals surface area contributed by atoms with Crippen molar-refractivity contribution in [2.45, 2.75) is 288 Å². The number of rotatable bonds is 47. The Bertz CT molecular complexity index is 1370. The number of unbranched alkanes of at least 4 members (excludes halogenated alkanes) is 27. The van der Waals surface area contributed by atoms with E-state index >= 15 is 0 Å². The second-order valence-corrected chi connectivity index (χ2v) is 19.7. The topological polar surface area (TPSA) is 175 Å². The molecule has 0 spiro atoms. The Hall–Kier alpha value is -2.64. The third-order valence-electron chi connectivity index (χ3n) is 13.2. The number of hydrogen-bond donors (Lipinski definition) is 6. The van der Waals surface area contributed by atoms with Crippen molar-refractivity contribution >= 4 is 11.9 Å². The predicted molar refractivity (Wildman–Crippen MR) is 287 cm³/mol. The summed E-state index contributed by atoms with van der Waals surface area (Å²) in [5, 5.41) is 56.7. The van der Waals surface area contributed by atoms with Crippen LogP contribution in [0, 0.1) is 0 Å². The number of carbonyl (C=O) groups is 2. The van der Waals surface area contributed by atoms with E-state index < -0.39 is 67.4 Å². The van der Waals surface area contributed by atoms with Crippen LogP contribution in [0.2, 0.25) is 0 Å². The third-order valence-corrected chi connectivity index (χ3v) is 13.2. The lowest BCUT2D eigenvalue weighted by Crippen LogP contribution is -2.61. The second-order valence-electron chi connectivity index (χ2n) is 19.7. The second kappa shape index (κ2) is 47.4. The SMILES string of the molecule is CC/C=C/C=C/C=C\CCCCCCC(O)C(=O)NC(COC1OC(CO)C(O)C(O)C1OC(=O)CCCCCCCCC/C=C/CCCCCCCC)C(O)/C=C/CCCCCCCCCCCC. The standard InChI is InChI=1S/C59H105NO10/c1-4-7-10-13-16-19-22-25-26-27-28-29-32-35-38-41-44-47-54(64)70-57-56(66)55(65)53(48-61)69-59(57)68-49-50(51(62)45-42-39-36-33-30-23-20-17-14-11-8-5-2)60-58(67)52(63)46-43-40-37-34-31-24-21-18-15-12-9-6-3/h9,12,15,18,21,24-26,42,45,50-53,55-57,59,61-63,65-66H,4-8,10-11,13-14,16-17,19-20,22-23,27-41,43-44,46-49H2,1-3H3,(H,60,67)/b12-9+,18-15+,24-21-,26-25+,45-42+. The van der Waals surface area contributed by atoms with Crippen LogP contribution in [-0.4, -0.2) is 99.6 Å². The molecule has 70 heavy (non-hydrogen) atoms. The van der Waals surface area contributed by atoms with E-state index in [2.05, 4.69) is 50.4 Å². The third kappa shape index (κ3) is 35.5.